The molecule has 1 amide bonds. The van der Waals surface area contributed by atoms with E-state index in [0.29, 0.717) is 24.5 Å². The largest absolute Gasteiger partial charge is 0.488 e. The highest BCUT2D eigenvalue weighted by atomic mass is 16.5. The van der Waals surface area contributed by atoms with Gasteiger partial charge in [-0.05, 0) is 12.1 Å². The van der Waals surface area contributed by atoms with Crippen LogP contribution >= 0.6 is 0 Å². The summed E-state index contributed by atoms with van der Waals surface area (Å²) in [5.41, 5.74) is 6.27. The van der Waals surface area contributed by atoms with Crippen molar-refractivity contribution in [2.45, 2.75) is 12.5 Å². The monoisotopic (exact) mass is 222 g/mol. The van der Waals surface area contributed by atoms with Gasteiger partial charge in [0.1, 0.15) is 11.9 Å². The average molecular weight is 222 g/mol. The van der Waals surface area contributed by atoms with E-state index in [0.717, 1.165) is 6.42 Å². The first kappa shape index (κ1) is 10.6. The fraction of sp³-hybridized carbons (Fsp3) is 0.364. The van der Waals surface area contributed by atoms with Gasteiger partial charge in [-0.1, -0.05) is 6.07 Å². The maximum Gasteiger partial charge on any atom is 0.407 e. The van der Waals surface area contributed by atoms with Crippen LogP contribution in [0.25, 0.3) is 0 Å². The first-order chi connectivity index (χ1) is 7.65. The van der Waals surface area contributed by atoms with Crippen LogP contribution < -0.4 is 10.5 Å². The van der Waals surface area contributed by atoms with Crippen LogP contribution in [-0.4, -0.2) is 35.3 Å². The van der Waals surface area contributed by atoms with Gasteiger partial charge in [0, 0.05) is 24.7 Å². The third-order valence-corrected chi connectivity index (χ3v) is 2.58. The summed E-state index contributed by atoms with van der Waals surface area (Å²) in [7, 11) is 0. The molecule has 1 aliphatic heterocycles. The minimum absolute atomic E-state index is 0.0714. The van der Waals surface area contributed by atoms with Crippen molar-refractivity contribution in [1.29, 1.82) is 0 Å². The molecule has 0 unspecified atom stereocenters. The summed E-state index contributed by atoms with van der Waals surface area (Å²) in [6.07, 6.45) is -0.238. The van der Waals surface area contributed by atoms with Crippen LogP contribution in [0, 0.1) is 0 Å². The van der Waals surface area contributed by atoms with Gasteiger partial charge in [0.25, 0.3) is 0 Å². The molecule has 0 bridgehead atoms. The number of amides is 1. The molecule has 86 valence electrons. The summed E-state index contributed by atoms with van der Waals surface area (Å²) in [5.74, 6) is 0.692. The zero-order valence-electron chi connectivity index (χ0n) is 8.80. The summed E-state index contributed by atoms with van der Waals surface area (Å²) >= 11 is 0. The van der Waals surface area contributed by atoms with Crippen LogP contribution in [0.3, 0.4) is 0 Å². The molecule has 1 fully saturated rings. The third kappa shape index (κ3) is 2.36. The standard InChI is InChI=1S/C11H14N2O3/c12-8-2-1-3-9(6-8)16-10-4-5-13(7-10)11(14)15/h1-3,6,10H,4-5,7,12H2,(H,14,15)/t10-/m0/s1. The Hall–Kier alpha value is -1.91. The fourth-order valence-corrected chi connectivity index (χ4v) is 1.78. The molecule has 2 rings (SSSR count). The zero-order valence-corrected chi connectivity index (χ0v) is 8.80. The molecule has 1 aromatic rings. The number of carboxylic acid groups (broad SMARTS) is 1. The Bertz CT molecular complexity index is 395. The van der Waals surface area contributed by atoms with Crippen molar-refractivity contribution in [1.82, 2.24) is 4.90 Å². The lowest BCUT2D eigenvalue weighted by Crippen LogP contribution is -2.29. The van der Waals surface area contributed by atoms with Gasteiger partial charge in [-0.2, -0.15) is 0 Å². The highest BCUT2D eigenvalue weighted by Crippen LogP contribution is 2.20. The van der Waals surface area contributed by atoms with Gasteiger partial charge in [0.2, 0.25) is 0 Å². The predicted molar refractivity (Wildman–Crippen MR) is 59.5 cm³/mol. The van der Waals surface area contributed by atoms with Gasteiger partial charge < -0.3 is 20.5 Å². The molecule has 16 heavy (non-hydrogen) atoms. The van der Waals surface area contributed by atoms with Crippen LogP contribution in [0.1, 0.15) is 6.42 Å². The van der Waals surface area contributed by atoms with Crippen LogP contribution in [0.5, 0.6) is 5.75 Å². The van der Waals surface area contributed by atoms with E-state index in [1.165, 1.54) is 4.90 Å². The smallest absolute Gasteiger partial charge is 0.407 e. The van der Waals surface area contributed by atoms with E-state index in [-0.39, 0.29) is 6.10 Å². The molecule has 3 N–H and O–H groups in total. The minimum Gasteiger partial charge on any atom is -0.488 e. The summed E-state index contributed by atoms with van der Waals surface area (Å²) in [5, 5.41) is 8.79. The molecule has 5 heteroatoms. The van der Waals surface area contributed by atoms with Crippen LogP contribution in [0.15, 0.2) is 24.3 Å². The number of benzene rings is 1. The number of nitrogens with zero attached hydrogens (tertiary/aromatic N) is 1. The van der Waals surface area contributed by atoms with E-state index < -0.39 is 6.09 Å². The summed E-state index contributed by atoms with van der Waals surface area (Å²) in [6.45, 7) is 0.951. The molecule has 5 nitrogen and oxygen atoms in total. The lowest BCUT2D eigenvalue weighted by molar-refractivity contribution is 0.145. The quantitative estimate of drug-likeness (QED) is 0.741. The minimum atomic E-state index is -0.890. The van der Waals surface area contributed by atoms with Gasteiger partial charge in [0.15, 0.2) is 0 Å². The number of anilines is 1. The van der Waals surface area contributed by atoms with Gasteiger partial charge in [-0.15, -0.1) is 0 Å². The normalized spacial score (nSPS) is 19.8. The number of nitrogen functional groups attached to an aromatic ring is 1. The molecule has 1 saturated heterocycles. The molecule has 0 radical (unpaired) electrons. The SMILES string of the molecule is Nc1cccc(O[C@H]2CCN(C(=O)O)C2)c1. The number of hydrogen-bond acceptors (Lipinski definition) is 3. The second-order valence-electron chi connectivity index (χ2n) is 3.83. The van der Waals surface area contributed by atoms with Gasteiger partial charge in [-0.25, -0.2) is 4.79 Å². The molecular weight excluding hydrogens is 208 g/mol. The lowest BCUT2D eigenvalue weighted by Gasteiger charge is -2.14. The predicted octanol–water partition coefficient (Wildman–Crippen LogP) is 1.40. The third-order valence-electron chi connectivity index (χ3n) is 2.58. The van der Waals surface area contributed by atoms with Gasteiger partial charge in [-0.3, -0.25) is 0 Å². The van der Waals surface area contributed by atoms with Gasteiger partial charge >= 0.3 is 6.09 Å². The topological polar surface area (TPSA) is 75.8 Å². The lowest BCUT2D eigenvalue weighted by atomic mass is 10.3. The molecule has 1 aromatic carbocycles. The molecule has 1 heterocycles. The Labute approximate surface area is 93.4 Å². The number of likely N-dealkylation sites (tertiary alicyclic amines) is 1. The summed E-state index contributed by atoms with van der Waals surface area (Å²) < 4.78 is 5.65. The van der Waals surface area contributed by atoms with E-state index in [1.54, 1.807) is 12.1 Å². The molecule has 0 spiro atoms. The van der Waals surface area contributed by atoms with Crippen molar-refractivity contribution < 1.29 is 14.6 Å². The van der Waals surface area contributed by atoms with E-state index >= 15 is 0 Å². The van der Waals surface area contributed by atoms with E-state index in [4.69, 9.17) is 15.6 Å². The maximum atomic E-state index is 10.7. The number of carbonyl (C=O) groups is 1. The number of nitrogens with two attached hydrogens (primary N) is 1. The highest BCUT2D eigenvalue weighted by molar-refractivity contribution is 5.65. The Morgan fingerprint density at radius 3 is 3.00 bits per heavy atom. The van der Waals surface area contributed by atoms with E-state index in [1.807, 2.05) is 12.1 Å². The maximum absolute atomic E-state index is 10.7. The highest BCUT2D eigenvalue weighted by Gasteiger charge is 2.27. The van der Waals surface area contributed by atoms with E-state index in [2.05, 4.69) is 0 Å². The summed E-state index contributed by atoms with van der Waals surface area (Å²) in [4.78, 5) is 12.1. The van der Waals surface area contributed by atoms with Crippen LogP contribution in [-0.2, 0) is 0 Å². The summed E-state index contributed by atoms with van der Waals surface area (Å²) in [6, 6.07) is 7.16. The Kier molecular flexibility index (Phi) is 2.85. The molecule has 0 saturated carbocycles. The second kappa shape index (κ2) is 4.30. The first-order valence-electron chi connectivity index (χ1n) is 5.15. The van der Waals surface area contributed by atoms with Crippen molar-refractivity contribution in [3.8, 4) is 5.75 Å². The number of rotatable bonds is 2. The number of ether oxygens (including phenoxy) is 1. The molecule has 1 atom stereocenters. The van der Waals surface area contributed by atoms with Crippen molar-refractivity contribution in [3.63, 3.8) is 0 Å². The van der Waals surface area contributed by atoms with Crippen LogP contribution in [0.4, 0.5) is 10.5 Å². The molecule has 1 aliphatic rings. The number of hydrogen-bond donors (Lipinski definition) is 2. The van der Waals surface area contributed by atoms with Crippen molar-refractivity contribution >= 4 is 11.8 Å². The molecule has 0 aromatic heterocycles. The fourth-order valence-electron chi connectivity index (χ4n) is 1.78. The average Bonchev–Trinajstić information content (AvgIpc) is 2.66. The zero-order chi connectivity index (χ0) is 11.5. The van der Waals surface area contributed by atoms with Crippen molar-refractivity contribution in [3.05, 3.63) is 24.3 Å². The van der Waals surface area contributed by atoms with Gasteiger partial charge in [0.05, 0.1) is 6.54 Å². The van der Waals surface area contributed by atoms with Crippen molar-refractivity contribution in [2.75, 3.05) is 18.8 Å². The van der Waals surface area contributed by atoms with Crippen LogP contribution in [0.2, 0.25) is 0 Å². The Morgan fingerprint density at radius 2 is 2.38 bits per heavy atom. The second-order valence-corrected chi connectivity index (χ2v) is 3.83. The molecular formula is C11H14N2O3. The first-order valence-corrected chi connectivity index (χ1v) is 5.15. The Morgan fingerprint density at radius 1 is 1.56 bits per heavy atom. The Balaban J connectivity index is 1.94. The van der Waals surface area contributed by atoms with Crippen molar-refractivity contribution in [2.24, 2.45) is 0 Å². The van der Waals surface area contributed by atoms with E-state index in [9.17, 15) is 4.79 Å². The molecule has 0 aliphatic carbocycles.